The first kappa shape index (κ1) is 16.2. The van der Waals surface area contributed by atoms with Crippen LogP contribution in [-0.4, -0.2) is 54.4 Å². The molecule has 0 saturated carbocycles. The van der Waals surface area contributed by atoms with Crippen LogP contribution in [0.15, 0.2) is 24.3 Å². The molecule has 0 aromatic heterocycles. The molecule has 23 heavy (non-hydrogen) atoms. The molecule has 3 atom stereocenters. The van der Waals surface area contributed by atoms with Crippen LogP contribution in [0.25, 0.3) is 0 Å². The van der Waals surface area contributed by atoms with Gasteiger partial charge in [0.25, 0.3) is 5.91 Å². The molecule has 2 aliphatic rings. The number of ether oxygens (including phenoxy) is 2. The molecule has 1 amide bonds. The molecule has 3 rings (SSSR count). The first-order valence-corrected chi connectivity index (χ1v) is 8.09. The average Bonchev–Trinajstić information content (AvgIpc) is 3.04. The van der Waals surface area contributed by atoms with Gasteiger partial charge in [-0.1, -0.05) is 0 Å². The van der Waals surface area contributed by atoms with Crippen molar-refractivity contribution in [3.05, 3.63) is 30.1 Å². The van der Waals surface area contributed by atoms with Crippen molar-refractivity contribution in [1.29, 1.82) is 0 Å². The molecule has 0 spiro atoms. The van der Waals surface area contributed by atoms with Gasteiger partial charge >= 0.3 is 0 Å². The minimum atomic E-state index is -0.417. The quantitative estimate of drug-likeness (QED) is 0.914. The lowest BCUT2D eigenvalue weighted by Gasteiger charge is -2.36. The van der Waals surface area contributed by atoms with Crippen LogP contribution < -0.4 is 4.74 Å². The Kier molecular flexibility index (Phi) is 5.13. The van der Waals surface area contributed by atoms with E-state index in [-0.39, 0.29) is 30.3 Å². The molecule has 126 valence electrons. The van der Waals surface area contributed by atoms with E-state index < -0.39 is 6.10 Å². The van der Waals surface area contributed by atoms with Crippen LogP contribution in [0.5, 0.6) is 5.75 Å². The number of amides is 1. The number of likely N-dealkylation sites (tertiary alicyclic amines) is 1. The number of rotatable bonds is 4. The van der Waals surface area contributed by atoms with E-state index in [9.17, 15) is 14.3 Å². The van der Waals surface area contributed by atoms with E-state index in [0.29, 0.717) is 31.9 Å². The van der Waals surface area contributed by atoms with E-state index in [0.717, 1.165) is 12.8 Å². The van der Waals surface area contributed by atoms with Gasteiger partial charge in [0, 0.05) is 25.1 Å². The predicted octanol–water partition coefficient (Wildman–Crippen LogP) is 1.59. The highest BCUT2D eigenvalue weighted by Crippen LogP contribution is 2.30. The Morgan fingerprint density at radius 3 is 2.87 bits per heavy atom. The van der Waals surface area contributed by atoms with E-state index in [4.69, 9.17) is 9.47 Å². The van der Waals surface area contributed by atoms with Crippen LogP contribution in [0.4, 0.5) is 4.39 Å². The summed E-state index contributed by atoms with van der Waals surface area (Å²) >= 11 is 0. The Balaban J connectivity index is 1.58. The molecule has 5 nitrogen and oxygen atoms in total. The Bertz CT molecular complexity index is 536. The van der Waals surface area contributed by atoms with Crippen LogP contribution in [0.3, 0.4) is 0 Å². The standard InChI is InChI=1S/C17H22FNO4/c18-12-3-5-13(6-4-12)23-11-17(21)19-8-1-2-15(19)14-10-22-9-7-16(14)20/h3-6,14-16,20H,1-2,7-11H2/t14-,15+,16+/m0/s1. The number of nitrogens with zero attached hydrogens (tertiary/aromatic N) is 1. The maximum atomic E-state index is 12.9. The first-order valence-electron chi connectivity index (χ1n) is 8.09. The van der Waals surface area contributed by atoms with Crippen molar-refractivity contribution >= 4 is 5.91 Å². The van der Waals surface area contributed by atoms with E-state index in [1.54, 1.807) is 4.90 Å². The van der Waals surface area contributed by atoms with E-state index in [1.807, 2.05) is 0 Å². The van der Waals surface area contributed by atoms with E-state index >= 15 is 0 Å². The number of benzene rings is 1. The van der Waals surface area contributed by atoms with Crippen molar-refractivity contribution < 1.29 is 23.8 Å². The Morgan fingerprint density at radius 1 is 1.35 bits per heavy atom. The third-order valence-corrected chi connectivity index (χ3v) is 4.65. The normalized spacial score (nSPS) is 27.9. The van der Waals surface area contributed by atoms with Crippen LogP contribution in [-0.2, 0) is 9.53 Å². The van der Waals surface area contributed by atoms with Gasteiger partial charge in [-0.3, -0.25) is 4.79 Å². The summed E-state index contributed by atoms with van der Waals surface area (Å²) in [4.78, 5) is 14.2. The minimum absolute atomic E-state index is 0.00891. The number of carbonyl (C=O) groups is 1. The molecule has 6 heteroatoms. The van der Waals surface area contributed by atoms with Gasteiger partial charge in [0.1, 0.15) is 11.6 Å². The van der Waals surface area contributed by atoms with Crippen molar-refractivity contribution in [3.8, 4) is 5.75 Å². The molecular formula is C17H22FNO4. The van der Waals surface area contributed by atoms with E-state index in [1.165, 1.54) is 24.3 Å². The fourth-order valence-corrected chi connectivity index (χ4v) is 3.42. The fourth-order valence-electron chi connectivity index (χ4n) is 3.42. The SMILES string of the molecule is O=C(COc1ccc(F)cc1)N1CCC[C@@H]1[C@@H]1COCC[C@H]1O. The number of aliphatic hydroxyl groups excluding tert-OH is 1. The lowest BCUT2D eigenvalue weighted by atomic mass is 9.89. The molecule has 2 saturated heterocycles. The van der Waals surface area contributed by atoms with Crippen molar-refractivity contribution in [2.24, 2.45) is 5.92 Å². The van der Waals surface area contributed by atoms with Crippen LogP contribution in [0, 0.1) is 11.7 Å². The molecule has 2 aliphatic heterocycles. The van der Waals surface area contributed by atoms with Crippen LogP contribution in [0.1, 0.15) is 19.3 Å². The van der Waals surface area contributed by atoms with Crippen molar-refractivity contribution in [2.45, 2.75) is 31.4 Å². The van der Waals surface area contributed by atoms with Gasteiger partial charge in [-0.25, -0.2) is 4.39 Å². The Labute approximate surface area is 135 Å². The topological polar surface area (TPSA) is 59.0 Å². The average molecular weight is 323 g/mol. The molecule has 2 fully saturated rings. The summed E-state index contributed by atoms with van der Waals surface area (Å²) in [5.74, 6) is 0.00159. The number of hydrogen-bond acceptors (Lipinski definition) is 4. The smallest absolute Gasteiger partial charge is 0.260 e. The van der Waals surface area contributed by atoms with Gasteiger partial charge in [0.2, 0.25) is 0 Å². The second kappa shape index (κ2) is 7.27. The summed E-state index contributed by atoms with van der Waals surface area (Å²) < 4.78 is 23.8. The second-order valence-electron chi connectivity index (χ2n) is 6.13. The number of hydrogen-bond donors (Lipinski definition) is 1. The van der Waals surface area contributed by atoms with Crippen molar-refractivity contribution in [3.63, 3.8) is 0 Å². The second-order valence-corrected chi connectivity index (χ2v) is 6.13. The molecule has 1 N–H and O–H groups in total. The van der Waals surface area contributed by atoms with E-state index in [2.05, 4.69) is 0 Å². The summed E-state index contributed by atoms with van der Waals surface area (Å²) in [6.45, 7) is 1.67. The zero-order chi connectivity index (χ0) is 16.2. The highest BCUT2D eigenvalue weighted by Gasteiger charge is 2.39. The van der Waals surface area contributed by atoms with Gasteiger partial charge < -0.3 is 19.5 Å². The summed E-state index contributed by atoms with van der Waals surface area (Å²) in [5.41, 5.74) is 0. The monoisotopic (exact) mass is 323 g/mol. The van der Waals surface area contributed by atoms with Gasteiger partial charge in [0.15, 0.2) is 6.61 Å². The molecule has 1 aromatic carbocycles. The molecule has 1 aromatic rings. The number of carbonyl (C=O) groups excluding carboxylic acids is 1. The summed E-state index contributed by atoms with van der Waals surface area (Å²) in [6, 6.07) is 5.61. The highest BCUT2D eigenvalue weighted by molar-refractivity contribution is 5.78. The first-order chi connectivity index (χ1) is 11.1. The number of aliphatic hydroxyl groups is 1. The molecule has 0 radical (unpaired) electrons. The zero-order valence-electron chi connectivity index (χ0n) is 13.0. The zero-order valence-corrected chi connectivity index (χ0v) is 13.0. The minimum Gasteiger partial charge on any atom is -0.484 e. The largest absolute Gasteiger partial charge is 0.484 e. The van der Waals surface area contributed by atoms with Gasteiger partial charge in [-0.15, -0.1) is 0 Å². The Hall–Kier alpha value is -1.66. The third-order valence-electron chi connectivity index (χ3n) is 4.65. The third kappa shape index (κ3) is 3.82. The lowest BCUT2D eigenvalue weighted by Crippen LogP contribution is -2.49. The number of halogens is 1. The molecule has 0 unspecified atom stereocenters. The lowest BCUT2D eigenvalue weighted by molar-refractivity contribution is -0.138. The summed E-state index contributed by atoms with van der Waals surface area (Å²) in [6.07, 6.45) is 2.01. The van der Waals surface area contributed by atoms with Gasteiger partial charge in [-0.05, 0) is 43.5 Å². The summed E-state index contributed by atoms with van der Waals surface area (Å²) in [5, 5.41) is 10.2. The van der Waals surface area contributed by atoms with Gasteiger partial charge in [-0.2, -0.15) is 0 Å². The van der Waals surface area contributed by atoms with Crippen molar-refractivity contribution in [2.75, 3.05) is 26.4 Å². The molecule has 0 bridgehead atoms. The maximum Gasteiger partial charge on any atom is 0.260 e. The summed E-state index contributed by atoms with van der Waals surface area (Å²) in [7, 11) is 0. The molecular weight excluding hydrogens is 301 g/mol. The maximum absolute atomic E-state index is 12.9. The fraction of sp³-hybridized carbons (Fsp3) is 0.588. The molecule has 0 aliphatic carbocycles. The van der Waals surface area contributed by atoms with Crippen molar-refractivity contribution in [1.82, 2.24) is 4.90 Å². The van der Waals surface area contributed by atoms with Gasteiger partial charge in [0.05, 0.1) is 12.7 Å². The molecule has 2 heterocycles. The predicted molar refractivity (Wildman–Crippen MR) is 81.6 cm³/mol. The van der Waals surface area contributed by atoms with Crippen LogP contribution >= 0.6 is 0 Å². The highest BCUT2D eigenvalue weighted by atomic mass is 19.1. The Morgan fingerprint density at radius 2 is 2.13 bits per heavy atom. The van der Waals surface area contributed by atoms with Crippen LogP contribution in [0.2, 0.25) is 0 Å².